The van der Waals surface area contributed by atoms with Gasteiger partial charge in [0, 0.05) is 38.8 Å². The molecule has 2 atom stereocenters. The maximum absolute atomic E-state index is 14.2. The molecule has 2 heterocycles. The van der Waals surface area contributed by atoms with Crippen molar-refractivity contribution in [1.29, 1.82) is 0 Å². The summed E-state index contributed by atoms with van der Waals surface area (Å²) in [6.07, 6.45) is 0.631. The van der Waals surface area contributed by atoms with E-state index in [1.807, 2.05) is 18.2 Å². The van der Waals surface area contributed by atoms with Crippen molar-refractivity contribution in [1.82, 2.24) is 14.5 Å². The summed E-state index contributed by atoms with van der Waals surface area (Å²) in [5.74, 6) is 0.205. The molecule has 3 aromatic carbocycles. The van der Waals surface area contributed by atoms with Gasteiger partial charge in [0.1, 0.15) is 0 Å². The summed E-state index contributed by atoms with van der Waals surface area (Å²) in [7, 11) is -0.832. The van der Waals surface area contributed by atoms with E-state index in [0.29, 0.717) is 54.1 Å². The van der Waals surface area contributed by atoms with Gasteiger partial charge in [0.05, 0.1) is 37.1 Å². The van der Waals surface area contributed by atoms with Crippen molar-refractivity contribution in [2.24, 2.45) is 5.14 Å². The van der Waals surface area contributed by atoms with Crippen LogP contribution in [0.25, 0.3) is 0 Å². The van der Waals surface area contributed by atoms with E-state index in [1.165, 1.54) is 24.7 Å². The number of hydrogen-bond acceptors (Lipinski definition) is 8. The van der Waals surface area contributed by atoms with Gasteiger partial charge in [0.2, 0.25) is 0 Å². The zero-order valence-electron chi connectivity index (χ0n) is 25.2. The maximum atomic E-state index is 14.2. The molecule has 1 saturated heterocycles. The molecule has 44 heavy (non-hydrogen) atoms. The monoisotopic (exact) mass is 621 g/mol. The molecule has 0 aliphatic carbocycles. The molecule has 0 spiro atoms. The summed E-state index contributed by atoms with van der Waals surface area (Å²) in [6.45, 7) is 5.33. The van der Waals surface area contributed by atoms with Crippen LogP contribution in [-0.2, 0) is 10.2 Å². The predicted octanol–water partition coefficient (Wildman–Crippen LogP) is 3.50. The predicted molar refractivity (Wildman–Crippen MR) is 168 cm³/mol. The van der Waals surface area contributed by atoms with Gasteiger partial charge < -0.3 is 14.4 Å². The van der Waals surface area contributed by atoms with Crippen LogP contribution in [-0.4, -0.2) is 77.0 Å². The molecule has 5 rings (SSSR count). The Balaban J connectivity index is 1.40. The Bertz CT molecular complexity index is 1610. The number of carbonyl (C=O) groups excluding carboxylic acids is 2. The van der Waals surface area contributed by atoms with Gasteiger partial charge in [0.15, 0.2) is 11.5 Å². The van der Waals surface area contributed by atoms with Crippen molar-refractivity contribution >= 4 is 27.7 Å². The Morgan fingerprint density at radius 3 is 2.23 bits per heavy atom. The summed E-state index contributed by atoms with van der Waals surface area (Å²) in [6, 6.07) is 20.7. The van der Waals surface area contributed by atoms with Crippen LogP contribution >= 0.6 is 0 Å². The van der Waals surface area contributed by atoms with E-state index in [9.17, 15) is 18.0 Å². The molecule has 11 nitrogen and oxygen atoms in total. The lowest BCUT2D eigenvalue weighted by Gasteiger charge is -2.39. The number of hydrogen-bond donors (Lipinski definition) is 2. The molecular formula is C32H39N5O6S. The number of amides is 2. The van der Waals surface area contributed by atoms with Gasteiger partial charge >= 0.3 is 0 Å². The van der Waals surface area contributed by atoms with Gasteiger partial charge in [-0.15, -0.1) is 0 Å². The summed E-state index contributed by atoms with van der Waals surface area (Å²) in [4.78, 5) is 34.0. The smallest absolute Gasteiger partial charge is 0.274 e. The average Bonchev–Trinajstić information content (AvgIpc) is 3.29. The topological polar surface area (TPSA) is 135 Å². The van der Waals surface area contributed by atoms with Crippen molar-refractivity contribution < 1.29 is 27.5 Å². The highest BCUT2D eigenvalue weighted by molar-refractivity contribution is 7.87. The van der Waals surface area contributed by atoms with E-state index in [1.54, 1.807) is 24.3 Å². The van der Waals surface area contributed by atoms with Gasteiger partial charge in [-0.2, -0.15) is 8.42 Å². The van der Waals surface area contributed by atoms with Gasteiger partial charge in [-0.1, -0.05) is 42.5 Å². The van der Waals surface area contributed by atoms with Crippen LogP contribution in [0.2, 0.25) is 0 Å². The molecule has 3 aromatic rings. The second-order valence-electron chi connectivity index (χ2n) is 11.0. The standard InChI is InChI=1S/C32H39N5O6S/c1-22(23-9-5-4-6-10-23)35-17-19-36(20-18-35)27-12-7-11-25-30(27)32(39)37(31(25)38)26(13-8-16-34-44(33,40)41)24-14-15-28(42-2)29(21-24)43-3/h4-7,9-12,14-15,21-22,26,34H,8,13,16-20H2,1-3H3,(H2,33,40,41)/t22-,26?/m1/s1. The number of piperazine rings is 1. The fourth-order valence-corrected chi connectivity index (χ4v) is 6.57. The van der Waals surface area contributed by atoms with Crippen molar-refractivity contribution in [3.8, 4) is 11.5 Å². The van der Waals surface area contributed by atoms with Crippen molar-refractivity contribution in [2.75, 3.05) is 51.8 Å². The molecule has 12 heteroatoms. The average molecular weight is 622 g/mol. The second kappa shape index (κ2) is 13.3. The molecule has 1 fully saturated rings. The molecule has 2 amide bonds. The van der Waals surface area contributed by atoms with Gasteiger partial charge in [-0.25, -0.2) is 9.86 Å². The van der Waals surface area contributed by atoms with Crippen LogP contribution in [0.3, 0.4) is 0 Å². The lowest BCUT2D eigenvalue weighted by Crippen LogP contribution is -2.47. The van der Waals surface area contributed by atoms with Gasteiger partial charge in [0.25, 0.3) is 22.0 Å². The maximum Gasteiger partial charge on any atom is 0.274 e. The number of carbonyl (C=O) groups is 2. The summed E-state index contributed by atoms with van der Waals surface area (Å²) in [5.41, 5.74) is 3.43. The van der Waals surface area contributed by atoms with Crippen molar-refractivity contribution in [2.45, 2.75) is 31.8 Å². The Hall–Kier alpha value is -3.97. The summed E-state index contributed by atoms with van der Waals surface area (Å²) >= 11 is 0. The molecule has 0 radical (unpaired) electrons. The highest BCUT2D eigenvalue weighted by Crippen LogP contribution is 2.40. The molecule has 0 bridgehead atoms. The largest absolute Gasteiger partial charge is 0.493 e. The number of nitrogens with zero attached hydrogens (tertiary/aromatic N) is 3. The van der Waals surface area contributed by atoms with E-state index in [2.05, 4.69) is 45.7 Å². The fraction of sp³-hybridized carbons (Fsp3) is 0.375. The van der Waals surface area contributed by atoms with E-state index >= 15 is 0 Å². The second-order valence-corrected chi connectivity index (χ2v) is 12.4. The molecule has 2 aliphatic heterocycles. The highest BCUT2D eigenvalue weighted by Gasteiger charge is 2.43. The third kappa shape index (κ3) is 6.58. The SMILES string of the molecule is COc1ccc(C(CCCNS(N)(=O)=O)N2C(=O)c3cccc(N4CCN([C@H](C)c5ccccc5)CC4)c3C2=O)cc1OC. The van der Waals surface area contributed by atoms with Crippen LogP contribution in [0.4, 0.5) is 5.69 Å². The Labute approximate surface area is 258 Å². The number of anilines is 1. The number of nitrogens with one attached hydrogen (secondary N) is 1. The van der Waals surface area contributed by atoms with E-state index in [-0.39, 0.29) is 24.4 Å². The van der Waals surface area contributed by atoms with Crippen LogP contribution in [0, 0.1) is 0 Å². The third-order valence-electron chi connectivity index (χ3n) is 8.47. The van der Waals surface area contributed by atoms with E-state index in [0.717, 1.165) is 18.8 Å². The normalized spacial score (nSPS) is 17.0. The first-order valence-corrected chi connectivity index (χ1v) is 16.2. The Kier molecular flexibility index (Phi) is 9.54. The quantitative estimate of drug-likeness (QED) is 0.232. The lowest BCUT2D eigenvalue weighted by molar-refractivity contribution is 0.0572. The molecule has 0 saturated carbocycles. The van der Waals surface area contributed by atoms with Crippen molar-refractivity contribution in [3.63, 3.8) is 0 Å². The molecule has 0 aromatic heterocycles. The zero-order chi connectivity index (χ0) is 31.4. The third-order valence-corrected chi connectivity index (χ3v) is 9.08. The van der Waals surface area contributed by atoms with Crippen LogP contribution in [0.1, 0.15) is 63.7 Å². The Morgan fingerprint density at radius 1 is 0.864 bits per heavy atom. The minimum atomic E-state index is -3.88. The first-order valence-electron chi connectivity index (χ1n) is 14.7. The number of ether oxygens (including phenoxy) is 2. The molecule has 2 aliphatic rings. The highest BCUT2D eigenvalue weighted by atomic mass is 32.2. The molecular weight excluding hydrogens is 582 g/mol. The van der Waals surface area contributed by atoms with E-state index in [4.69, 9.17) is 14.6 Å². The lowest BCUT2D eigenvalue weighted by atomic mass is 9.99. The summed E-state index contributed by atoms with van der Waals surface area (Å²) < 4.78 is 36.0. The minimum absolute atomic E-state index is 0.0583. The number of nitrogens with two attached hydrogens (primary N) is 1. The van der Waals surface area contributed by atoms with Gasteiger partial charge in [-0.05, 0) is 55.2 Å². The van der Waals surface area contributed by atoms with Crippen LogP contribution < -0.4 is 24.2 Å². The first-order chi connectivity index (χ1) is 21.1. The van der Waals surface area contributed by atoms with E-state index < -0.39 is 16.3 Å². The number of imide groups is 1. The first kappa shape index (κ1) is 31.5. The van der Waals surface area contributed by atoms with Crippen LogP contribution in [0.15, 0.2) is 66.7 Å². The Morgan fingerprint density at radius 2 is 1.57 bits per heavy atom. The zero-order valence-corrected chi connectivity index (χ0v) is 26.0. The number of rotatable bonds is 12. The van der Waals surface area contributed by atoms with Crippen molar-refractivity contribution in [3.05, 3.63) is 89.0 Å². The number of benzene rings is 3. The summed E-state index contributed by atoms with van der Waals surface area (Å²) in [5, 5.41) is 5.10. The molecule has 3 N–H and O–H groups in total. The number of methoxy groups -OCH3 is 2. The number of fused-ring (bicyclic) bond motifs is 1. The van der Waals surface area contributed by atoms with Gasteiger partial charge in [-0.3, -0.25) is 19.4 Å². The fourth-order valence-electron chi connectivity index (χ4n) is 6.14. The molecule has 234 valence electrons. The minimum Gasteiger partial charge on any atom is -0.493 e. The molecule has 1 unspecified atom stereocenters. The van der Waals surface area contributed by atoms with Crippen LogP contribution in [0.5, 0.6) is 11.5 Å².